The predicted molar refractivity (Wildman–Crippen MR) is 87.3 cm³/mol. The zero-order valence-corrected chi connectivity index (χ0v) is 12.7. The van der Waals surface area contributed by atoms with Gasteiger partial charge in [0.2, 0.25) is 0 Å². The molecular weight excluding hydrogens is 335 g/mol. The molecule has 0 saturated carbocycles. The molecule has 1 atom stereocenters. The lowest BCUT2D eigenvalue weighted by Gasteiger charge is -2.23. The van der Waals surface area contributed by atoms with Crippen LogP contribution >= 0.6 is 0 Å². The molecule has 5 nitrogen and oxygen atoms in total. The average molecular weight is 347 g/mol. The van der Waals surface area contributed by atoms with Gasteiger partial charge < -0.3 is 5.32 Å². The zero-order valence-electron chi connectivity index (χ0n) is 12.7. The summed E-state index contributed by atoms with van der Waals surface area (Å²) in [6.07, 6.45) is -3.09. The first kappa shape index (κ1) is 16.7. The minimum atomic E-state index is -4.59. The van der Waals surface area contributed by atoms with E-state index in [1.165, 1.54) is 12.3 Å². The van der Waals surface area contributed by atoms with Crippen molar-refractivity contribution in [3.05, 3.63) is 76.5 Å². The molecular formula is C17H12F3N3O2. The van der Waals surface area contributed by atoms with E-state index in [9.17, 15) is 23.3 Å². The number of rotatable bonds is 4. The Kier molecular flexibility index (Phi) is 4.26. The van der Waals surface area contributed by atoms with Crippen LogP contribution in [0.4, 0.5) is 24.5 Å². The Balaban J connectivity index is 2.00. The van der Waals surface area contributed by atoms with E-state index < -0.39 is 17.1 Å². The van der Waals surface area contributed by atoms with Gasteiger partial charge in [0.05, 0.1) is 16.1 Å². The number of hydrogen-bond acceptors (Lipinski definition) is 4. The summed E-state index contributed by atoms with van der Waals surface area (Å²) in [6, 6.07) is 10.6. The topological polar surface area (TPSA) is 68.1 Å². The fraction of sp³-hybridized carbons (Fsp3) is 0.118. The van der Waals surface area contributed by atoms with Gasteiger partial charge in [0, 0.05) is 23.7 Å². The van der Waals surface area contributed by atoms with E-state index in [1.54, 1.807) is 24.3 Å². The average Bonchev–Trinajstić information content (AvgIpc) is 2.59. The number of alkyl halides is 3. The summed E-state index contributed by atoms with van der Waals surface area (Å²) in [4.78, 5) is 14.1. The highest BCUT2D eigenvalue weighted by atomic mass is 19.4. The highest BCUT2D eigenvalue weighted by molar-refractivity contribution is 5.90. The minimum absolute atomic E-state index is 0.119. The molecule has 0 bridgehead atoms. The molecule has 25 heavy (non-hydrogen) atoms. The van der Waals surface area contributed by atoms with Gasteiger partial charge >= 0.3 is 6.18 Å². The molecule has 2 aromatic carbocycles. The lowest BCUT2D eigenvalue weighted by Crippen LogP contribution is -2.28. The highest BCUT2D eigenvalue weighted by Crippen LogP contribution is 2.37. The second kappa shape index (κ2) is 6.39. The number of halogens is 3. The quantitative estimate of drug-likeness (QED) is 0.541. The van der Waals surface area contributed by atoms with Crippen molar-refractivity contribution in [1.82, 2.24) is 4.98 Å². The zero-order chi connectivity index (χ0) is 18.0. The highest BCUT2D eigenvalue weighted by Gasteiger charge is 2.41. The number of benzene rings is 2. The Labute approximate surface area is 140 Å². The Hall–Kier alpha value is -3.16. The fourth-order valence-electron chi connectivity index (χ4n) is 2.52. The van der Waals surface area contributed by atoms with E-state index in [0.29, 0.717) is 10.9 Å². The van der Waals surface area contributed by atoms with Gasteiger partial charge in [0.15, 0.2) is 0 Å². The number of non-ortho nitro benzene ring substituents is 1. The number of nitrogens with zero attached hydrogens (tertiary/aromatic N) is 2. The molecule has 3 rings (SSSR count). The van der Waals surface area contributed by atoms with Crippen molar-refractivity contribution in [2.45, 2.75) is 12.2 Å². The van der Waals surface area contributed by atoms with Crippen molar-refractivity contribution < 1.29 is 18.1 Å². The normalized spacial score (nSPS) is 12.8. The smallest absolute Gasteiger partial charge is 0.369 e. The van der Waals surface area contributed by atoms with Gasteiger partial charge in [-0.1, -0.05) is 18.2 Å². The lowest BCUT2D eigenvalue weighted by atomic mass is 10.0. The third-order valence-corrected chi connectivity index (χ3v) is 3.70. The van der Waals surface area contributed by atoms with Crippen LogP contribution in [-0.4, -0.2) is 16.1 Å². The van der Waals surface area contributed by atoms with Crippen LogP contribution in [0.2, 0.25) is 0 Å². The van der Waals surface area contributed by atoms with E-state index >= 15 is 0 Å². The van der Waals surface area contributed by atoms with Crippen molar-refractivity contribution in [1.29, 1.82) is 0 Å². The lowest BCUT2D eigenvalue weighted by molar-refractivity contribution is -0.384. The first-order chi connectivity index (χ1) is 11.9. The summed E-state index contributed by atoms with van der Waals surface area (Å²) >= 11 is 0. The largest absolute Gasteiger partial charge is 0.412 e. The van der Waals surface area contributed by atoms with Crippen LogP contribution < -0.4 is 5.32 Å². The van der Waals surface area contributed by atoms with Crippen molar-refractivity contribution in [3.8, 4) is 0 Å². The van der Waals surface area contributed by atoms with Crippen LogP contribution in [0.1, 0.15) is 11.6 Å². The van der Waals surface area contributed by atoms with Gasteiger partial charge in [-0.2, -0.15) is 13.2 Å². The first-order valence-corrected chi connectivity index (χ1v) is 7.27. The van der Waals surface area contributed by atoms with Gasteiger partial charge in [-0.15, -0.1) is 0 Å². The number of nitro groups is 1. The van der Waals surface area contributed by atoms with Gasteiger partial charge in [-0.25, -0.2) is 0 Å². The summed E-state index contributed by atoms with van der Waals surface area (Å²) in [5.74, 6) is 0. The Bertz CT molecular complexity index is 906. The summed E-state index contributed by atoms with van der Waals surface area (Å²) in [6.45, 7) is 0. The molecule has 8 heteroatoms. The fourth-order valence-corrected chi connectivity index (χ4v) is 2.52. The second-order valence-corrected chi connectivity index (χ2v) is 5.35. The van der Waals surface area contributed by atoms with Gasteiger partial charge in [0.1, 0.15) is 6.04 Å². The Morgan fingerprint density at radius 1 is 1.04 bits per heavy atom. The summed E-state index contributed by atoms with van der Waals surface area (Å²) in [7, 11) is 0. The van der Waals surface area contributed by atoms with E-state index in [0.717, 1.165) is 24.3 Å². The number of nitrogens with one attached hydrogen (secondary N) is 1. The van der Waals surface area contributed by atoms with Crippen LogP contribution in [0.3, 0.4) is 0 Å². The number of aromatic nitrogens is 1. The molecule has 3 aromatic rings. The van der Waals surface area contributed by atoms with E-state index in [4.69, 9.17) is 0 Å². The Morgan fingerprint density at radius 3 is 2.36 bits per heavy atom. The molecule has 0 fully saturated rings. The number of fused-ring (bicyclic) bond motifs is 1. The Morgan fingerprint density at radius 2 is 1.72 bits per heavy atom. The standard InChI is InChI=1S/C17H12F3N3O2/c18-17(19,20)16(12-6-8-13(9-7-12)23(24)25)22-14-5-1-3-11-4-2-10-21-15(11)14/h1-10,16,22H. The number of nitro benzene ring substituents is 1. The molecule has 1 N–H and O–H groups in total. The van der Waals surface area contributed by atoms with Crippen LogP contribution in [-0.2, 0) is 0 Å². The maximum absolute atomic E-state index is 13.5. The van der Waals surface area contributed by atoms with Crippen LogP contribution in [0.25, 0.3) is 10.9 Å². The molecule has 1 unspecified atom stereocenters. The molecule has 1 heterocycles. The van der Waals surface area contributed by atoms with E-state index in [2.05, 4.69) is 10.3 Å². The molecule has 0 aliphatic carbocycles. The second-order valence-electron chi connectivity index (χ2n) is 5.35. The van der Waals surface area contributed by atoms with Gasteiger partial charge in [-0.3, -0.25) is 15.1 Å². The number of hydrogen-bond donors (Lipinski definition) is 1. The van der Waals surface area contributed by atoms with Crippen LogP contribution in [0.5, 0.6) is 0 Å². The summed E-state index contributed by atoms with van der Waals surface area (Å²) in [5, 5.41) is 13.9. The van der Waals surface area contributed by atoms with Crippen molar-refractivity contribution in [3.63, 3.8) is 0 Å². The first-order valence-electron chi connectivity index (χ1n) is 7.27. The number of anilines is 1. The van der Waals surface area contributed by atoms with Crippen LogP contribution in [0, 0.1) is 10.1 Å². The van der Waals surface area contributed by atoms with Crippen molar-refractivity contribution in [2.75, 3.05) is 5.32 Å². The third kappa shape index (κ3) is 3.52. The van der Waals surface area contributed by atoms with Gasteiger partial charge in [-0.05, 0) is 29.8 Å². The summed E-state index contributed by atoms with van der Waals surface area (Å²) < 4.78 is 40.6. The predicted octanol–water partition coefficient (Wildman–Crippen LogP) is 4.86. The van der Waals surface area contributed by atoms with Crippen molar-refractivity contribution in [2.24, 2.45) is 0 Å². The van der Waals surface area contributed by atoms with E-state index in [1.807, 2.05) is 0 Å². The van der Waals surface area contributed by atoms with Crippen molar-refractivity contribution >= 4 is 22.3 Å². The maximum Gasteiger partial charge on any atom is 0.412 e. The molecule has 128 valence electrons. The minimum Gasteiger partial charge on any atom is -0.369 e. The monoisotopic (exact) mass is 347 g/mol. The van der Waals surface area contributed by atoms with Crippen LogP contribution in [0.15, 0.2) is 60.8 Å². The third-order valence-electron chi connectivity index (χ3n) is 3.70. The summed E-state index contributed by atoms with van der Waals surface area (Å²) in [5.41, 5.74) is 0.266. The molecule has 0 aliphatic heterocycles. The van der Waals surface area contributed by atoms with E-state index in [-0.39, 0.29) is 16.9 Å². The SMILES string of the molecule is O=[N+]([O-])c1ccc(C(Nc2cccc3cccnc23)C(F)(F)F)cc1. The molecule has 0 amide bonds. The molecule has 1 aromatic heterocycles. The maximum atomic E-state index is 13.5. The molecule has 0 saturated heterocycles. The molecule has 0 spiro atoms. The van der Waals surface area contributed by atoms with Gasteiger partial charge in [0.25, 0.3) is 5.69 Å². The molecule has 0 aliphatic rings. The molecule has 0 radical (unpaired) electrons. The number of pyridine rings is 1. The number of para-hydroxylation sites is 1.